The van der Waals surface area contributed by atoms with Crippen LogP contribution in [0.25, 0.3) is 0 Å². The van der Waals surface area contributed by atoms with Gasteiger partial charge in [-0.2, -0.15) is 0 Å². The van der Waals surface area contributed by atoms with E-state index in [9.17, 15) is 14.4 Å². The molecule has 0 radical (unpaired) electrons. The maximum Gasteiger partial charge on any atom is 0.312 e. The van der Waals surface area contributed by atoms with Crippen LogP contribution < -0.4 is 0 Å². The number of ether oxygens (including phenoxy) is 3. The maximum atomic E-state index is 12.7. The average Bonchev–Trinajstić information content (AvgIpc) is 2.67. The van der Waals surface area contributed by atoms with Crippen LogP contribution in [0.2, 0.25) is 0 Å². The van der Waals surface area contributed by atoms with Crippen LogP contribution in [0, 0.1) is 16.7 Å². The summed E-state index contributed by atoms with van der Waals surface area (Å²) >= 11 is 0. The van der Waals surface area contributed by atoms with Crippen LogP contribution in [0.5, 0.6) is 0 Å². The van der Waals surface area contributed by atoms with Gasteiger partial charge in [0.05, 0.1) is 23.9 Å². The van der Waals surface area contributed by atoms with Gasteiger partial charge in [0.15, 0.2) is 0 Å². The topological polar surface area (TPSA) is 78.9 Å². The number of carbonyl (C=O) groups is 3. The van der Waals surface area contributed by atoms with E-state index in [4.69, 9.17) is 14.2 Å². The average molecular weight is 338 g/mol. The number of methoxy groups -OCH3 is 1. The first-order valence-electron chi connectivity index (χ1n) is 8.68. The first-order chi connectivity index (χ1) is 11.2. The van der Waals surface area contributed by atoms with Crippen molar-refractivity contribution >= 4 is 17.9 Å². The van der Waals surface area contributed by atoms with Crippen molar-refractivity contribution in [3.8, 4) is 0 Å². The molecule has 0 N–H and O–H groups in total. The van der Waals surface area contributed by atoms with E-state index < -0.39 is 28.5 Å². The van der Waals surface area contributed by atoms with E-state index >= 15 is 0 Å². The zero-order chi connectivity index (χ0) is 17.8. The predicted molar refractivity (Wildman–Crippen MR) is 83.8 cm³/mol. The Labute approximate surface area is 142 Å². The quantitative estimate of drug-likeness (QED) is 0.578. The largest absolute Gasteiger partial charge is 0.469 e. The third kappa shape index (κ3) is 2.60. The van der Waals surface area contributed by atoms with Crippen LogP contribution in [0.4, 0.5) is 0 Å². The van der Waals surface area contributed by atoms with Crippen molar-refractivity contribution in [2.45, 2.75) is 71.0 Å². The zero-order valence-electron chi connectivity index (χ0n) is 14.8. The normalized spacial score (nSPS) is 37.6. The molecule has 2 aliphatic heterocycles. The molecule has 0 aromatic heterocycles. The summed E-state index contributed by atoms with van der Waals surface area (Å²) in [5.74, 6) is -1.30. The monoisotopic (exact) mass is 338 g/mol. The van der Waals surface area contributed by atoms with Crippen molar-refractivity contribution < 1.29 is 28.6 Å². The Hall–Kier alpha value is -1.59. The molecule has 134 valence electrons. The van der Waals surface area contributed by atoms with Crippen LogP contribution >= 0.6 is 0 Å². The molecular formula is C18H26O6. The van der Waals surface area contributed by atoms with E-state index in [0.29, 0.717) is 38.5 Å². The molecule has 0 aromatic carbocycles. The van der Waals surface area contributed by atoms with E-state index in [1.54, 1.807) is 0 Å². The first-order valence-corrected chi connectivity index (χ1v) is 8.68. The van der Waals surface area contributed by atoms with E-state index in [0.717, 1.165) is 0 Å². The zero-order valence-corrected chi connectivity index (χ0v) is 14.8. The minimum absolute atomic E-state index is 0.278. The molecule has 2 saturated heterocycles. The number of fused-ring (bicyclic) bond motifs is 1. The lowest BCUT2D eigenvalue weighted by Gasteiger charge is -2.51. The van der Waals surface area contributed by atoms with Gasteiger partial charge in [0, 0.05) is 25.7 Å². The summed E-state index contributed by atoms with van der Waals surface area (Å²) in [4.78, 5) is 37.4. The van der Waals surface area contributed by atoms with Crippen LogP contribution in [-0.4, -0.2) is 36.7 Å². The lowest BCUT2D eigenvalue weighted by Crippen LogP contribution is -2.56. The fourth-order valence-corrected chi connectivity index (χ4v) is 4.55. The maximum absolute atomic E-state index is 12.7. The van der Waals surface area contributed by atoms with Crippen molar-refractivity contribution in [2.75, 3.05) is 7.11 Å². The molecule has 24 heavy (non-hydrogen) atoms. The molecule has 4 fully saturated rings. The van der Waals surface area contributed by atoms with Crippen molar-refractivity contribution in [1.82, 2.24) is 0 Å². The van der Waals surface area contributed by atoms with Crippen LogP contribution in [-0.2, 0) is 28.6 Å². The summed E-state index contributed by atoms with van der Waals surface area (Å²) in [5, 5.41) is 0. The van der Waals surface area contributed by atoms with Gasteiger partial charge in [-0.3, -0.25) is 14.4 Å². The summed E-state index contributed by atoms with van der Waals surface area (Å²) in [5.41, 5.74) is -2.19. The Balaban J connectivity index is 1.95. The minimum atomic E-state index is -0.810. The second-order valence-corrected chi connectivity index (χ2v) is 8.33. The van der Waals surface area contributed by atoms with Gasteiger partial charge in [0.25, 0.3) is 0 Å². The van der Waals surface area contributed by atoms with Gasteiger partial charge < -0.3 is 14.2 Å². The van der Waals surface area contributed by atoms with Gasteiger partial charge in [-0.25, -0.2) is 0 Å². The Morgan fingerprint density at radius 3 is 2.58 bits per heavy atom. The van der Waals surface area contributed by atoms with Gasteiger partial charge in [-0.15, -0.1) is 0 Å². The Kier molecular flexibility index (Phi) is 3.92. The summed E-state index contributed by atoms with van der Waals surface area (Å²) in [7, 11) is 1.36. The molecule has 2 saturated carbocycles. The molecule has 4 rings (SSSR count). The molecule has 0 spiro atoms. The highest BCUT2D eigenvalue weighted by atomic mass is 16.6. The third-order valence-corrected chi connectivity index (χ3v) is 6.11. The summed E-state index contributed by atoms with van der Waals surface area (Å²) in [6.45, 7) is 5.64. The lowest BCUT2D eigenvalue weighted by atomic mass is 9.56. The SMILES string of the molecule is CCC(C)(C)C(=O)OC12CC3CC(C(=O)OC)(CC(C1)C(=O)O3)C2. The number of carbonyl (C=O) groups excluding carboxylic acids is 3. The van der Waals surface area contributed by atoms with Crippen LogP contribution in [0.1, 0.15) is 59.3 Å². The van der Waals surface area contributed by atoms with E-state index in [1.165, 1.54) is 7.11 Å². The van der Waals surface area contributed by atoms with Gasteiger partial charge in [-0.1, -0.05) is 6.92 Å². The lowest BCUT2D eigenvalue weighted by molar-refractivity contribution is -0.200. The van der Waals surface area contributed by atoms with Gasteiger partial charge >= 0.3 is 17.9 Å². The molecule has 4 atom stereocenters. The molecule has 0 aromatic rings. The highest BCUT2D eigenvalue weighted by molar-refractivity contribution is 5.82. The first kappa shape index (κ1) is 17.2. The molecule has 4 bridgehead atoms. The smallest absolute Gasteiger partial charge is 0.312 e. The van der Waals surface area contributed by atoms with Crippen LogP contribution in [0.15, 0.2) is 0 Å². The van der Waals surface area contributed by atoms with E-state index in [1.807, 2.05) is 20.8 Å². The van der Waals surface area contributed by atoms with Gasteiger partial charge in [-0.05, 0) is 26.7 Å². The van der Waals surface area contributed by atoms with Crippen molar-refractivity contribution in [1.29, 1.82) is 0 Å². The fraction of sp³-hybridized carbons (Fsp3) is 0.833. The van der Waals surface area contributed by atoms with E-state index in [-0.39, 0.29) is 17.9 Å². The number of rotatable bonds is 4. The molecule has 2 aliphatic carbocycles. The standard InChI is InChI=1S/C18H26O6/c1-5-16(2,3)14(20)24-18-7-11-6-17(10-18,15(21)22-4)8-12(9-18)23-13(11)19/h11-12H,5-10H2,1-4H3. The summed E-state index contributed by atoms with van der Waals surface area (Å²) < 4.78 is 16.5. The Bertz CT molecular complexity index is 582. The van der Waals surface area contributed by atoms with Crippen molar-refractivity contribution in [2.24, 2.45) is 16.7 Å². The second-order valence-electron chi connectivity index (χ2n) is 8.33. The molecule has 0 amide bonds. The fourth-order valence-electron chi connectivity index (χ4n) is 4.55. The number of esters is 3. The molecule has 6 nitrogen and oxygen atoms in total. The molecule has 4 aliphatic rings. The minimum Gasteiger partial charge on any atom is -0.469 e. The Morgan fingerprint density at radius 2 is 1.96 bits per heavy atom. The third-order valence-electron chi connectivity index (χ3n) is 6.11. The van der Waals surface area contributed by atoms with Gasteiger partial charge in [0.1, 0.15) is 11.7 Å². The highest BCUT2D eigenvalue weighted by Gasteiger charge is 2.64. The molecule has 4 unspecified atom stereocenters. The van der Waals surface area contributed by atoms with Gasteiger partial charge in [0.2, 0.25) is 0 Å². The second kappa shape index (κ2) is 5.46. The van der Waals surface area contributed by atoms with Crippen molar-refractivity contribution in [3.63, 3.8) is 0 Å². The molecular weight excluding hydrogens is 312 g/mol. The van der Waals surface area contributed by atoms with Crippen molar-refractivity contribution in [3.05, 3.63) is 0 Å². The summed E-state index contributed by atoms with van der Waals surface area (Å²) in [6.07, 6.45) is 2.47. The summed E-state index contributed by atoms with van der Waals surface area (Å²) in [6, 6.07) is 0. The molecule has 6 heteroatoms. The van der Waals surface area contributed by atoms with E-state index in [2.05, 4.69) is 0 Å². The Morgan fingerprint density at radius 1 is 1.25 bits per heavy atom. The highest BCUT2D eigenvalue weighted by Crippen LogP contribution is 2.58. The number of hydrogen-bond donors (Lipinski definition) is 0. The molecule has 2 heterocycles. The number of hydrogen-bond acceptors (Lipinski definition) is 6. The van der Waals surface area contributed by atoms with Crippen LogP contribution in [0.3, 0.4) is 0 Å². The predicted octanol–water partition coefficient (Wildman–Crippen LogP) is 2.38.